The van der Waals surface area contributed by atoms with Crippen molar-refractivity contribution in [3.05, 3.63) is 46.0 Å². The summed E-state index contributed by atoms with van der Waals surface area (Å²) < 4.78 is 0. The molecule has 18 heavy (non-hydrogen) atoms. The molecule has 0 spiro atoms. The maximum absolute atomic E-state index is 11.9. The van der Waals surface area contributed by atoms with Crippen LogP contribution in [0.5, 0.6) is 0 Å². The maximum Gasteiger partial charge on any atom is 0.276 e. The molecule has 0 aliphatic rings. The van der Waals surface area contributed by atoms with E-state index in [0.29, 0.717) is 5.69 Å². The number of aryl methyl sites for hydroxylation is 1. The molecule has 0 aliphatic carbocycles. The van der Waals surface area contributed by atoms with Crippen LogP contribution in [0.2, 0.25) is 10.3 Å². The number of carbonyl (C=O) groups is 1. The molecule has 1 amide bonds. The smallest absolute Gasteiger partial charge is 0.276 e. The van der Waals surface area contributed by atoms with E-state index >= 15 is 0 Å². The summed E-state index contributed by atoms with van der Waals surface area (Å²) in [5.41, 5.74) is 1.42. The fraction of sp³-hybridized carbons (Fsp3) is 0.0909. The number of pyridine rings is 1. The van der Waals surface area contributed by atoms with Gasteiger partial charge in [0.1, 0.15) is 0 Å². The Morgan fingerprint density at radius 2 is 2.00 bits per heavy atom. The third-order valence-corrected chi connectivity index (χ3v) is 2.70. The van der Waals surface area contributed by atoms with Crippen molar-refractivity contribution >= 4 is 34.8 Å². The van der Waals surface area contributed by atoms with E-state index < -0.39 is 5.91 Å². The molecule has 1 N–H and O–H groups in total. The lowest BCUT2D eigenvalue weighted by atomic mass is 10.2. The number of aromatic nitrogens is 3. The lowest BCUT2D eigenvalue weighted by Crippen LogP contribution is -2.15. The Kier molecular flexibility index (Phi) is 3.74. The fourth-order valence-electron chi connectivity index (χ4n) is 1.29. The van der Waals surface area contributed by atoms with Crippen LogP contribution in [0, 0.1) is 6.92 Å². The van der Waals surface area contributed by atoms with E-state index in [9.17, 15) is 4.79 Å². The van der Waals surface area contributed by atoms with Crippen molar-refractivity contribution in [1.82, 2.24) is 15.2 Å². The highest BCUT2D eigenvalue weighted by Crippen LogP contribution is 2.23. The number of rotatable bonds is 2. The molecule has 2 rings (SSSR count). The molecular weight excluding hydrogens is 275 g/mol. The zero-order valence-electron chi connectivity index (χ0n) is 9.32. The zero-order valence-corrected chi connectivity index (χ0v) is 10.8. The summed E-state index contributed by atoms with van der Waals surface area (Å²) in [6.45, 7) is 1.82. The summed E-state index contributed by atoms with van der Waals surface area (Å²) in [5, 5.41) is 10.4. The average molecular weight is 283 g/mol. The Morgan fingerprint density at radius 3 is 2.61 bits per heavy atom. The number of halogens is 2. The van der Waals surface area contributed by atoms with Gasteiger partial charge in [-0.15, -0.1) is 10.2 Å². The van der Waals surface area contributed by atoms with Crippen LogP contribution < -0.4 is 5.32 Å². The lowest BCUT2D eigenvalue weighted by molar-refractivity contribution is 0.102. The van der Waals surface area contributed by atoms with E-state index in [-0.39, 0.29) is 16.0 Å². The number of nitrogens with one attached hydrogen (secondary N) is 1. The van der Waals surface area contributed by atoms with Crippen LogP contribution in [0.1, 0.15) is 16.1 Å². The first kappa shape index (κ1) is 12.7. The molecule has 0 radical (unpaired) electrons. The first-order chi connectivity index (χ1) is 8.58. The van der Waals surface area contributed by atoms with Gasteiger partial charge in [-0.1, -0.05) is 23.2 Å². The van der Waals surface area contributed by atoms with Gasteiger partial charge < -0.3 is 5.32 Å². The lowest BCUT2D eigenvalue weighted by Gasteiger charge is -2.08. The Bertz CT molecular complexity index is 566. The van der Waals surface area contributed by atoms with E-state index in [1.165, 1.54) is 12.1 Å². The number of hydrogen-bond acceptors (Lipinski definition) is 4. The van der Waals surface area contributed by atoms with Crippen LogP contribution in [-0.2, 0) is 0 Å². The van der Waals surface area contributed by atoms with Gasteiger partial charge in [0, 0.05) is 6.20 Å². The summed E-state index contributed by atoms with van der Waals surface area (Å²) in [6, 6.07) is 4.71. The highest BCUT2D eigenvalue weighted by Gasteiger charge is 2.12. The van der Waals surface area contributed by atoms with Crippen LogP contribution in [0.4, 0.5) is 5.69 Å². The van der Waals surface area contributed by atoms with E-state index in [4.69, 9.17) is 23.2 Å². The van der Waals surface area contributed by atoms with Crippen LogP contribution >= 0.6 is 23.2 Å². The second-order valence-corrected chi connectivity index (χ2v) is 4.23. The standard InChI is InChI=1S/C11H8Cl2N4O/c1-6-4-5-14-10(13)9(6)15-11(18)7-2-3-8(12)17-16-7/h2-5H,1H3,(H,15,18). The minimum Gasteiger partial charge on any atom is -0.318 e. The minimum atomic E-state index is -0.419. The van der Waals surface area contributed by atoms with Crippen molar-refractivity contribution < 1.29 is 4.79 Å². The van der Waals surface area contributed by atoms with Gasteiger partial charge in [-0.25, -0.2) is 4.98 Å². The highest BCUT2D eigenvalue weighted by molar-refractivity contribution is 6.33. The van der Waals surface area contributed by atoms with Gasteiger partial charge in [-0.05, 0) is 30.7 Å². The second-order valence-electron chi connectivity index (χ2n) is 3.49. The van der Waals surface area contributed by atoms with E-state index in [1.54, 1.807) is 12.3 Å². The largest absolute Gasteiger partial charge is 0.318 e. The minimum absolute atomic E-state index is 0.152. The molecule has 0 bridgehead atoms. The molecule has 0 aromatic carbocycles. The third kappa shape index (κ3) is 2.75. The van der Waals surface area contributed by atoms with Gasteiger partial charge in [-0.2, -0.15) is 0 Å². The van der Waals surface area contributed by atoms with Crippen molar-refractivity contribution in [2.24, 2.45) is 0 Å². The number of hydrogen-bond donors (Lipinski definition) is 1. The van der Waals surface area contributed by atoms with Crippen molar-refractivity contribution in [3.8, 4) is 0 Å². The molecule has 0 aliphatic heterocycles. The normalized spacial score (nSPS) is 10.2. The Morgan fingerprint density at radius 1 is 1.22 bits per heavy atom. The molecule has 2 aromatic heterocycles. The molecule has 92 valence electrons. The Hall–Kier alpha value is -1.72. The van der Waals surface area contributed by atoms with Crippen LogP contribution in [-0.4, -0.2) is 21.1 Å². The van der Waals surface area contributed by atoms with Gasteiger partial charge >= 0.3 is 0 Å². The zero-order chi connectivity index (χ0) is 13.1. The van der Waals surface area contributed by atoms with Crippen LogP contribution in [0.3, 0.4) is 0 Å². The molecule has 2 heterocycles. The molecule has 0 saturated heterocycles. The number of amides is 1. The molecule has 2 aromatic rings. The summed E-state index contributed by atoms with van der Waals surface area (Å²) >= 11 is 11.5. The molecule has 0 atom stereocenters. The van der Waals surface area contributed by atoms with Crippen molar-refractivity contribution in [2.75, 3.05) is 5.32 Å². The van der Waals surface area contributed by atoms with Gasteiger partial charge in [0.25, 0.3) is 5.91 Å². The van der Waals surface area contributed by atoms with E-state index in [0.717, 1.165) is 5.56 Å². The van der Waals surface area contributed by atoms with Crippen LogP contribution in [0.15, 0.2) is 24.4 Å². The summed E-state index contributed by atoms with van der Waals surface area (Å²) in [5.74, 6) is -0.419. The third-order valence-electron chi connectivity index (χ3n) is 2.22. The second kappa shape index (κ2) is 5.29. The predicted octanol–water partition coefficient (Wildman–Crippen LogP) is 2.74. The van der Waals surface area contributed by atoms with Gasteiger partial charge in [0.15, 0.2) is 16.0 Å². The molecule has 0 unspecified atom stereocenters. The topological polar surface area (TPSA) is 67.8 Å². The highest BCUT2D eigenvalue weighted by atomic mass is 35.5. The van der Waals surface area contributed by atoms with Gasteiger partial charge in [-0.3, -0.25) is 4.79 Å². The number of nitrogens with zero attached hydrogens (tertiary/aromatic N) is 3. The van der Waals surface area contributed by atoms with E-state index in [2.05, 4.69) is 20.5 Å². The first-order valence-corrected chi connectivity index (χ1v) is 5.75. The van der Waals surface area contributed by atoms with Crippen molar-refractivity contribution in [3.63, 3.8) is 0 Å². The van der Waals surface area contributed by atoms with E-state index in [1.807, 2.05) is 6.92 Å². The average Bonchev–Trinajstić information content (AvgIpc) is 2.34. The van der Waals surface area contributed by atoms with Gasteiger partial charge in [0.2, 0.25) is 0 Å². The quantitative estimate of drug-likeness (QED) is 0.860. The summed E-state index contributed by atoms with van der Waals surface area (Å²) in [4.78, 5) is 15.8. The Balaban J connectivity index is 2.24. The fourth-order valence-corrected chi connectivity index (χ4v) is 1.64. The SMILES string of the molecule is Cc1ccnc(Cl)c1NC(=O)c1ccc(Cl)nn1. The molecular formula is C11H8Cl2N4O. The monoisotopic (exact) mass is 282 g/mol. The maximum atomic E-state index is 11.9. The number of anilines is 1. The molecule has 0 saturated carbocycles. The predicted molar refractivity (Wildman–Crippen MR) is 69.0 cm³/mol. The Labute approximate surface area is 113 Å². The summed E-state index contributed by atoms with van der Waals surface area (Å²) in [7, 11) is 0. The summed E-state index contributed by atoms with van der Waals surface area (Å²) in [6.07, 6.45) is 1.56. The van der Waals surface area contributed by atoms with Gasteiger partial charge in [0.05, 0.1) is 5.69 Å². The molecule has 7 heteroatoms. The first-order valence-electron chi connectivity index (χ1n) is 4.99. The molecule has 0 fully saturated rings. The molecule has 5 nitrogen and oxygen atoms in total. The number of carbonyl (C=O) groups excluding carboxylic acids is 1. The van der Waals surface area contributed by atoms with Crippen molar-refractivity contribution in [2.45, 2.75) is 6.92 Å². The van der Waals surface area contributed by atoms with Crippen molar-refractivity contribution in [1.29, 1.82) is 0 Å². The van der Waals surface area contributed by atoms with Crippen LogP contribution in [0.25, 0.3) is 0 Å².